The summed E-state index contributed by atoms with van der Waals surface area (Å²) in [6.07, 6.45) is 0. The standard InChI is InChI=1S/C10H12I2O2/c11-7-13-5-9-1-2-10(4-3-9)6-14-8-12/h1-4H,5-8H2. The quantitative estimate of drug-likeness (QED) is 0.521. The van der Waals surface area contributed by atoms with E-state index in [4.69, 9.17) is 9.47 Å². The number of rotatable bonds is 6. The van der Waals surface area contributed by atoms with Crippen molar-refractivity contribution < 1.29 is 9.47 Å². The lowest BCUT2D eigenvalue weighted by Crippen LogP contribution is -1.93. The lowest BCUT2D eigenvalue weighted by molar-refractivity contribution is 0.174. The summed E-state index contributed by atoms with van der Waals surface area (Å²) in [5.41, 5.74) is 2.42. The van der Waals surface area contributed by atoms with Crippen LogP contribution in [0, 0.1) is 0 Å². The van der Waals surface area contributed by atoms with Gasteiger partial charge in [0.15, 0.2) is 0 Å². The van der Waals surface area contributed by atoms with Crippen LogP contribution in [0.2, 0.25) is 0 Å². The Kier molecular flexibility index (Phi) is 7.09. The summed E-state index contributed by atoms with van der Waals surface area (Å²) in [7, 11) is 0. The third-order valence-corrected chi connectivity index (χ3v) is 2.60. The Balaban J connectivity index is 2.42. The lowest BCUT2D eigenvalue weighted by Gasteiger charge is -2.03. The average molecular weight is 418 g/mol. The molecule has 0 atom stereocenters. The lowest BCUT2D eigenvalue weighted by atomic mass is 10.1. The Hall–Kier alpha value is 0.600. The molecule has 0 heterocycles. The largest absolute Gasteiger partial charge is 0.366 e. The van der Waals surface area contributed by atoms with Crippen LogP contribution in [-0.4, -0.2) is 9.23 Å². The van der Waals surface area contributed by atoms with Crippen molar-refractivity contribution in [3.63, 3.8) is 0 Å². The van der Waals surface area contributed by atoms with Gasteiger partial charge in [0, 0.05) is 0 Å². The summed E-state index contributed by atoms with van der Waals surface area (Å²) in [5.74, 6) is 0. The van der Waals surface area contributed by atoms with Gasteiger partial charge < -0.3 is 9.47 Å². The number of benzene rings is 1. The molecular formula is C10H12I2O2. The van der Waals surface area contributed by atoms with Gasteiger partial charge in [-0.15, -0.1) is 0 Å². The molecule has 1 aromatic carbocycles. The summed E-state index contributed by atoms with van der Waals surface area (Å²) in [4.78, 5) is 0. The fraction of sp³-hybridized carbons (Fsp3) is 0.400. The molecule has 2 nitrogen and oxygen atoms in total. The molecular weight excluding hydrogens is 406 g/mol. The minimum atomic E-state index is 0.691. The predicted octanol–water partition coefficient (Wildman–Crippen LogP) is 3.50. The Labute approximate surface area is 112 Å². The molecule has 0 aliphatic rings. The van der Waals surface area contributed by atoms with Gasteiger partial charge in [0.2, 0.25) is 0 Å². The average Bonchev–Trinajstić information content (AvgIpc) is 2.25. The number of hydrogen-bond acceptors (Lipinski definition) is 2. The Morgan fingerprint density at radius 2 is 1.14 bits per heavy atom. The molecule has 1 rings (SSSR count). The molecule has 4 heteroatoms. The number of halogens is 2. The van der Waals surface area contributed by atoms with E-state index in [1.54, 1.807) is 0 Å². The molecule has 0 aliphatic heterocycles. The van der Waals surface area contributed by atoms with E-state index in [1.807, 2.05) is 0 Å². The zero-order valence-corrected chi connectivity index (χ0v) is 12.0. The zero-order chi connectivity index (χ0) is 10.2. The minimum Gasteiger partial charge on any atom is -0.366 e. The van der Waals surface area contributed by atoms with Crippen LogP contribution >= 0.6 is 45.2 Å². The first-order valence-electron chi connectivity index (χ1n) is 4.22. The monoisotopic (exact) mass is 418 g/mol. The van der Waals surface area contributed by atoms with E-state index >= 15 is 0 Å². The van der Waals surface area contributed by atoms with E-state index in [9.17, 15) is 0 Å². The zero-order valence-electron chi connectivity index (χ0n) is 7.71. The van der Waals surface area contributed by atoms with E-state index < -0.39 is 0 Å². The van der Waals surface area contributed by atoms with E-state index in [2.05, 4.69) is 69.4 Å². The molecule has 0 fully saturated rings. The second-order valence-electron chi connectivity index (χ2n) is 2.73. The van der Waals surface area contributed by atoms with Gasteiger partial charge in [0.05, 0.1) is 22.4 Å². The smallest absolute Gasteiger partial charge is 0.0983 e. The summed E-state index contributed by atoms with van der Waals surface area (Å²) in [6, 6.07) is 8.33. The van der Waals surface area contributed by atoms with E-state index in [0.29, 0.717) is 13.2 Å². The van der Waals surface area contributed by atoms with Crippen LogP contribution in [0.5, 0.6) is 0 Å². The molecule has 0 aliphatic carbocycles. The van der Waals surface area contributed by atoms with Crippen LogP contribution in [0.25, 0.3) is 0 Å². The summed E-state index contributed by atoms with van der Waals surface area (Å²) in [5, 5.41) is 0. The molecule has 0 amide bonds. The van der Waals surface area contributed by atoms with E-state index in [-0.39, 0.29) is 0 Å². The van der Waals surface area contributed by atoms with Crippen LogP contribution in [0.15, 0.2) is 24.3 Å². The van der Waals surface area contributed by atoms with Crippen LogP contribution in [-0.2, 0) is 22.7 Å². The SMILES string of the molecule is ICOCc1ccc(COCI)cc1. The molecule has 78 valence electrons. The van der Waals surface area contributed by atoms with Gasteiger partial charge in [0.25, 0.3) is 0 Å². The first-order valence-corrected chi connectivity index (χ1v) is 7.27. The van der Waals surface area contributed by atoms with Gasteiger partial charge in [-0.05, 0) is 11.1 Å². The van der Waals surface area contributed by atoms with Crippen LogP contribution in [0.4, 0.5) is 0 Å². The van der Waals surface area contributed by atoms with Gasteiger partial charge in [0.1, 0.15) is 0 Å². The van der Waals surface area contributed by atoms with Crippen molar-refractivity contribution in [1.29, 1.82) is 0 Å². The van der Waals surface area contributed by atoms with Gasteiger partial charge >= 0.3 is 0 Å². The third kappa shape index (κ3) is 4.90. The van der Waals surface area contributed by atoms with Crippen LogP contribution in [0.1, 0.15) is 11.1 Å². The van der Waals surface area contributed by atoms with Crippen molar-refractivity contribution in [2.45, 2.75) is 13.2 Å². The molecule has 0 aromatic heterocycles. The van der Waals surface area contributed by atoms with Crippen molar-refractivity contribution in [2.24, 2.45) is 0 Å². The van der Waals surface area contributed by atoms with Crippen molar-refractivity contribution >= 4 is 45.2 Å². The Morgan fingerprint density at radius 3 is 1.43 bits per heavy atom. The predicted molar refractivity (Wildman–Crippen MR) is 73.8 cm³/mol. The Bertz CT molecular complexity index is 222. The molecule has 0 saturated heterocycles. The molecule has 0 N–H and O–H groups in total. The Morgan fingerprint density at radius 1 is 0.786 bits per heavy atom. The molecule has 0 bridgehead atoms. The molecule has 0 unspecified atom stereocenters. The normalized spacial score (nSPS) is 10.4. The maximum Gasteiger partial charge on any atom is 0.0983 e. The molecule has 1 aromatic rings. The van der Waals surface area contributed by atoms with Crippen LogP contribution < -0.4 is 0 Å². The number of ether oxygens (including phenoxy) is 2. The third-order valence-electron chi connectivity index (χ3n) is 1.71. The van der Waals surface area contributed by atoms with Gasteiger partial charge in [-0.1, -0.05) is 69.4 Å². The highest BCUT2D eigenvalue weighted by atomic mass is 127. The second kappa shape index (κ2) is 7.84. The van der Waals surface area contributed by atoms with Crippen molar-refractivity contribution in [3.05, 3.63) is 35.4 Å². The highest BCUT2D eigenvalue weighted by Gasteiger charge is 1.94. The topological polar surface area (TPSA) is 18.5 Å². The van der Waals surface area contributed by atoms with Crippen molar-refractivity contribution in [3.8, 4) is 0 Å². The molecule has 0 spiro atoms. The fourth-order valence-corrected chi connectivity index (χ4v) is 1.48. The summed E-state index contributed by atoms with van der Waals surface area (Å²) >= 11 is 4.39. The highest BCUT2D eigenvalue weighted by Crippen LogP contribution is 2.07. The first kappa shape index (κ1) is 12.7. The molecule has 0 saturated carbocycles. The van der Waals surface area contributed by atoms with Crippen molar-refractivity contribution in [2.75, 3.05) is 9.23 Å². The van der Waals surface area contributed by atoms with Crippen molar-refractivity contribution in [1.82, 2.24) is 0 Å². The second-order valence-corrected chi connectivity index (χ2v) is 3.98. The van der Waals surface area contributed by atoms with Gasteiger partial charge in [-0.3, -0.25) is 0 Å². The van der Waals surface area contributed by atoms with E-state index in [0.717, 1.165) is 9.23 Å². The first-order chi connectivity index (χ1) is 6.86. The number of alkyl halides is 2. The van der Waals surface area contributed by atoms with Gasteiger partial charge in [-0.25, -0.2) is 0 Å². The maximum atomic E-state index is 5.29. The molecule has 0 radical (unpaired) electrons. The van der Waals surface area contributed by atoms with Gasteiger partial charge in [-0.2, -0.15) is 0 Å². The van der Waals surface area contributed by atoms with E-state index in [1.165, 1.54) is 11.1 Å². The summed E-state index contributed by atoms with van der Waals surface area (Å²) in [6.45, 7) is 1.38. The fourth-order valence-electron chi connectivity index (χ4n) is 1.04. The molecule has 14 heavy (non-hydrogen) atoms. The maximum absolute atomic E-state index is 5.29. The summed E-state index contributed by atoms with van der Waals surface area (Å²) < 4.78 is 12.1. The number of hydrogen-bond donors (Lipinski definition) is 0. The van der Waals surface area contributed by atoms with Crippen LogP contribution in [0.3, 0.4) is 0 Å². The minimum absolute atomic E-state index is 0.691. The highest BCUT2D eigenvalue weighted by molar-refractivity contribution is 14.1.